The Bertz CT molecular complexity index is 2500. The minimum Gasteiger partial charge on any atom is -0.293 e. The van der Waals surface area contributed by atoms with Gasteiger partial charge in [0.15, 0.2) is 0 Å². The monoisotopic (exact) mass is 565 g/mol. The molecule has 1 aliphatic heterocycles. The van der Waals surface area contributed by atoms with Crippen LogP contribution in [0.15, 0.2) is 121 Å². The van der Waals surface area contributed by atoms with Gasteiger partial charge in [-0.25, -0.2) is 4.57 Å². The standard InChI is InChI=1S/C40H29N4/c1-2-11-24(12-3-1)25-18-10-22-42-37-30-17-8-15-26(30)29-16-9-21-35(36(29)37)43-33-19-6-4-13-27(33)31-23-32-28-14-5-7-20-34(28)44(40(25)42)39(32)41-38(31)43/h1-7,9-14,16,18-23,26,30,37H,8,15,17H2/q+1. The van der Waals surface area contributed by atoms with E-state index < -0.39 is 0 Å². The number of pyridine rings is 2. The predicted octanol–water partition coefficient (Wildman–Crippen LogP) is 9.03. The van der Waals surface area contributed by atoms with E-state index in [1.54, 1.807) is 0 Å². The minimum absolute atomic E-state index is 0.226. The van der Waals surface area contributed by atoms with E-state index in [1.807, 2.05) is 0 Å². The second kappa shape index (κ2) is 8.23. The number of hydrogen-bond acceptors (Lipinski definition) is 1. The molecule has 2 bridgehead atoms. The molecule has 44 heavy (non-hydrogen) atoms. The third kappa shape index (κ3) is 2.75. The molecule has 4 aromatic carbocycles. The number of nitrogens with zero attached hydrogens (tertiary/aromatic N) is 4. The lowest BCUT2D eigenvalue weighted by molar-refractivity contribution is -0.713. The summed E-state index contributed by atoms with van der Waals surface area (Å²) < 4.78 is 7.59. The largest absolute Gasteiger partial charge is 0.296 e. The molecule has 208 valence electrons. The van der Waals surface area contributed by atoms with Crippen molar-refractivity contribution < 1.29 is 4.57 Å². The van der Waals surface area contributed by atoms with Crippen molar-refractivity contribution in [2.24, 2.45) is 5.92 Å². The number of hydrogen-bond donors (Lipinski definition) is 0. The SMILES string of the molecule is c1ccc(-c2ccc[n+]3c2-n2c4ccccc4c4cc5c6ccccc6n(c5nc42)-c2cccc4c2C3C2CCCC42)cc1. The van der Waals surface area contributed by atoms with Gasteiger partial charge in [-0.1, -0.05) is 79.2 Å². The van der Waals surface area contributed by atoms with Gasteiger partial charge in [-0.3, -0.25) is 4.57 Å². The topological polar surface area (TPSA) is 26.6 Å². The van der Waals surface area contributed by atoms with Crippen LogP contribution in [0, 0.1) is 5.92 Å². The molecule has 4 aromatic heterocycles. The molecule has 11 rings (SSSR count). The number of aromatic nitrogens is 4. The van der Waals surface area contributed by atoms with Gasteiger partial charge in [-0.15, -0.1) is 0 Å². The van der Waals surface area contributed by atoms with Crippen LogP contribution in [0.5, 0.6) is 0 Å². The second-order valence-corrected chi connectivity index (χ2v) is 12.9. The summed E-state index contributed by atoms with van der Waals surface area (Å²) in [4.78, 5) is 5.67. The van der Waals surface area contributed by atoms with Crippen LogP contribution in [-0.2, 0) is 0 Å². The highest BCUT2D eigenvalue weighted by molar-refractivity contribution is 6.16. The second-order valence-electron chi connectivity index (χ2n) is 12.9. The van der Waals surface area contributed by atoms with Crippen LogP contribution in [-0.4, -0.2) is 14.1 Å². The molecule has 3 aliphatic rings. The van der Waals surface area contributed by atoms with Crippen LogP contribution in [0.25, 0.3) is 66.5 Å². The van der Waals surface area contributed by atoms with Gasteiger partial charge in [0.1, 0.15) is 17.2 Å². The predicted molar refractivity (Wildman–Crippen MR) is 177 cm³/mol. The van der Waals surface area contributed by atoms with Crippen molar-refractivity contribution in [2.75, 3.05) is 0 Å². The molecule has 1 fully saturated rings. The molecule has 2 aliphatic carbocycles. The third-order valence-electron chi connectivity index (χ3n) is 10.9. The molecular weight excluding hydrogens is 536 g/mol. The molecule has 3 atom stereocenters. The zero-order valence-corrected chi connectivity index (χ0v) is 24.2. The van der Waals surface area contributed by atoms with E-state index in [-0.39, 0.29) is 6.04 Å². The van der Waals surface area contributed by atoms with Crippen molar-refractivity contribution >= 4 is 43.9 Å². The van der Waals surface area contributed by atoms with Crippen molar-refractivity contribution in [3.05, 3.63) is 133 Å². The van der Waals surface area contributed by atoms with Crippen molar-refractivity contribution in [3.63, 3.8) is 0 Å². The molecule has 0 amide bonds. The average molecular weight is 566 g/mol. The molecule has 0 spiro atoms. The quantitative estimate of drug-likeness (QED) is 0.182. The molecule has 3 unspecified atom stereocenters. The lowest BCUT2D eigenvalue weighted by atomic mass is 9.94. The van der Waals surface area contributed by atoms with Crippen LogP contribution in [0.3, 0.4) is 0 Å². The number of rotatable bonds is 1. The minimum atomic E-state index is 0.226. The third-order valence-corrected chi connectivity index (χ3v) is 10.9. The Hall–Kier alpha value is -5.22. The molecule has 0 saturated heterocycles. The van der Waals surface area contributed by atoms with Gasteiger partial charge in [0.05, 0.1) is 28.4 Å². The molecular formula is C40H29N4+. The van der Waals surface area contributed by atoms with E-state index in [1.165, 1.54) is 85.6 Å². The number of fused-ring (bicyclic) bond motifs is 13. The molecule has 0 radical (unpaired) electrons. The average Bonchev–Trinajstić information content (AvgIpc) is 3.83. The lowest BCUT2D eigenvalue weighted by Crippen LogP contribution is -2.46. The summed E-state index contributed by atoms with van der Waals surface area (Å²) in [6.45, 7) is 0. The highest BCUT2D eigenvalue weighted by atomic mass is 15.2. The Morgan fingerprint density at radius 1 is 0.636 bits per heavy atom. The summed E-state index contributed by atoms with van der Waals surface area (Å²) in [6, 6.07) is 42.9. The van der Waals surface area contributed by atoms with Crippen molar-refractivity contribution in [3.8, 4) is 22.6 Å². The van der Waals surface area contributed by atoms with Gasteiger partial charge < -0.3 is 0 Å². The van der Waals surface area contributed by atoms with Crippen LogP contribution in [0.1, 0.15) is 42.3 Å². The number of benzene rings is 4. The first-order chi connectivity index (χ1) is 21.9. The first-order valence-electron chi connectivity index (χ1n) is 15.9. The van der Waals surface area contributed by atoms with Gasteiger partial charge in [0.25, 0.3) is 5.82 Å². The van der Waals surface area contributed by atoms with E-state index in [4.69, 9.17) is 4.98 Å². The summed E-state index contributed by atoms with van der Waals surface area (Å²) in [5.74, 6) is 2.34. The fourth-order valence-corrected chi connectivity index (χ4v) is 9.25. The Morgan fingerprint density at radius 3 is 2.18 bits per heavy atom. The van der Waals surface area contributed by atoms with Crippen molar-refractivity contribution in [2.45, 2.75) is 31.2 Å². The molecule has 5 heterocycles. The van der Waals surface area contributed by atoms with Gasteiger partial charge in [-0.05, 0) is 72.4 Å². The summed E-state index contributed by atoms with van der Waals surface area (Å²) in [5, 5.41) is 4.92. The molecule has 1 saturated carbocycles. The van der Waals surface area contributed by atoms with Gasteiger partial charge in [0.2, 0.25) is 5.65 Å². The first kappa shape index (κ1) is 23.3. The maximum atomic E-state index is 5.67. The fraction of sp³-hybridized carbons (Fsp3) is 0.150. The molecule has 8 aromatic rings. The molecule has 0 N–H and O–H groups in total. The summed E-state index contributed by atoms with van der Waals surface area (Å²) in [7, 11) is 0. The highest BCUT2D eigenvalue weighted by Crippen LogP contribution is 2.56. The summed E-state index contributed by atoms with van der Waals surface area (Å²) in [5.41, 5.74) is 11.2. The Labute approximate surface area is 254 Å². The van der Waals surface area contributed by atoms with Gasteiger partial charge in [-0.2, -0.15) is 9.55 Å². The van der Waals surface area contributed by atoms with E-state index in [2.05, 4.69) is 135 Å². The first-order valence-corrected chi connectivity index (χ1v) is 15.9. The maximum Gasteiger partial charge on any atom is 0.296 e. The van der Waals surface area contributed by atoms with Crippen LogP contribution in [0.2, 0.25) is 0 Å². The summed E-state index contributed by atoms with van der Waals surface area (Å²) in [6.07, 6.45) is 6.15. The van der Waals surface area contributed by atoms with E-state index in [0.717, 1.165) is 11.3 Å². The van der Waals surface area contributed by atoms with Gasteiger partial charge in [0, 0.05) is 27.6 Å². The normalized spacial score (nSPS) is 19.8. The Morgan fingerprint density at radius 2 is 1.36 bits per heavy atom. The molecule has 4 nitrogen and oxygen atoms in total. The Kier molecular flexibility index (Phi) is 4.35. The van der Waals surface area contributed by atoms with E-state index >= 15 is 0 Å². The Balaban J connectivity index is 1.44. The van der Waals surface area contributed by atoms with E-state index in [9.17, 15) is 0 Å². The van der Waals surface area contributed by atoms with Crippen LogP contribution >= 0.6 is 0 Å². The lowest BCUT2D eigenvalue weighted by Gasteiger charge is -2.24. The zero-order valence-electron chi connectivity index (χ0n) is 24.2. The zero-order chi connectivity index (χ0) is 28.5. The van der Waals surface area contributed by atoms with Crippen molar-refractivity contribution in [1.29, 1.82) is 0 Å². The van der Waals surface area contributed by atoms with Crippen LogP contribution < -0.4 is 4.57 Å². The molecule has 4 heteroatoms. The summed E-state index contributed by atoms with van der Waals surface area (Å²) >= 11 is 0. The smallest absolute Gasteiger partial charge is 0.293 e. The maximum absolute atomic E-state index is 5.67. The van der Waals surface area contributed by atoms with E-state index in [0.29, 0.717) is 11.8 Å². The van der Waals surface area contributed by atoms with Crippen molar-refractivity contribution in [1.82, 2.24) is 14.1 Å². The fourth-order valence-electron chi connectivity index (χ4n) is 9.25. The highest BCUT2D eigenvalue weighted by Gasteiger charge is 2.49. The van der Waals surface area contributed by atoms with Gasteiger partial charge >= 0.3 is 0 Å². The van der Waals surface area contributed by atoms with Crippen LogP contribution in [0.4, 0.5) is 0 Å². The number of para-hydroxylation sites is 2.